The van der Waals surface area contributed by atoms with Gasteiger partial charge in [-0.1, -0.05) is 6.92 Å². The molecule has 214 valence electrons. The number of fused-ring (bicyclic) bond motifs is 3. The number of nitrogens with zero attached hydrogens (tertiary/aromatic N) is 1. The molecule has 0 saturated carbocycles. The second-order valence-corrected chi connectivity index (χ2v) is 30.9. The summed E-state index contributed by atoms with van der Waals surface area (Å²) in [6, 6.07) is 24.1. The number of hydrogen-bond donors (Lipinski definition) is 0. The molecule has 0 aliphatic heterocycles. The maximum atomic E-state index is 2.68. The summed E-state index contributed by atoms with van der Waals surface area (Å²) in [5, 5.41) is 2.80. The Morgan fingerprint density at radius 2 is 1.17 bits per heavy atom. The molecule has 0 fully saturated rings. The fraction of sp³-hybridized carbons (Fsp3) is 0.444. The topological polar surface area (TPSA) is 4.93 Å². The Hall–Kier alpha value is -0.763. The molecule has 0 saturated heterocycles. The molecule has 0 aliphatic carbocycles. The number of unbranched alkanes of at least 4 members (excludes halogenated alkanes) is 1. The van der Waals surface area contributed by atoms with E-state index in [1.165, 1.54) is 68.4 Å². The van der Waals surface area contributed by atoms with Crippen LogP contribution in [-0.2, 0) is 6.54 Å². The molecular formula is C36H45NS2Sn2. The summed E-state index contributed by atoms with van der Waals surface area (Å²) in [6.07, 6.45) is 5.14. The first-order valence-electron chi connectivity index (χ1n) is 15.3. The van der Waals surface area contributed by atoms with E-state index in [0.717, 1.165) is 6.54 Å². The van der Waals surface area contributed by atoms with Crippen molar-refractivity contribution >= 4 is 92.6 Å². The summed E-state index contributed by atoms with van der Waals surface area (Å²) in [4.78, 5) is 2.86. The van der Waals surface area contributed by atoms with Gasteiger partial charge in [0.05, 0.1) is 0 Å². The van der Waals surface area contributed by atoms with E-state index in [-0.39, 0.29) is 0 Å². The molecule has 1 nitrogen and oxygen atoms in total. The van der Waals surface area contributed by atoms with Gasteiger partial charge in [0.1, 0.15) is 0 Å². The Bertz CT molecular complexity index is 1510. The van der Waals surface area contributed by atoms with Crippen LogP contribution >= 0.6 is 22.7 Å². The third-order valence-electron chi connectivity index (χ3n) is 7.63. The van der Waals surface area contributed by atoms with E-state index in [4.69, 9.17) is 0 Å². The molecule has 0 amide bonds. The van der Waals surface area contributed by atoms with E-state index >= 15 is 0 Å². The fourth-order valence-corrected chi connectivity index (χ4v) is 19.3. The Morgan fingerprint density at radius 3 is 1.59 bits per heavy atom. The first-order chi connectivity index (χ1) is 19.4. The molecule has 1 atom stereocenters. The van der Waals surface area contributed by atoms with Crippen molar-refractivity contribution in [2.75, 3.05) is 0 Å². The Labute approximate surface area is 276 Å². The van der Waals surface area contributed by atoms with Gasteiger partial charge in [-0.3, -0.25) is 0 Å². The summed E-state index contributed by atoms with van der Waals surface area (Å²) in [6.45, 7) is 20.2. The first kappa shape index (κ1) is 31.7. The van der Waals surface area contributed by atoms with Crippen LogP contribution < -0.4 is 5.79 Å². The molecule has 1 unspecified atom stereocenters. The third-order valence-corrected chi connectivity index (χ3v) is 19.3. The van der Waals surface area contributed by atoms with Gasteiger partial charge < -0.3 is 0 Å². The molecule has 5 heteroatoms. The van der Waals surface area contributed by atoms with E-state index in [9.17, 15) is 0 Å². The summed E-state index contributed by atoms with van der Waals surface area (Å²) in [5.74, 6) is 0.709. The van der Waals surface area contributed by atoms with E-state index in [1.807, 2.05) is 22.7 Å². The van der Waals surface area contributed by atoms with Crippen LogP contribution in [0.2, 0.25) is 6.86 Å². The van der Waals surface area contributed by atoms with Gasteiger partial charge >= 0.3 is 272 Å². The number of rotatable bonds is 10. The molecule has 5 rings (SSSR count). The van der Waals surface area contributed by atoms with Crippen molar-refractivity contribution < 1.29 is 0 Å². The van der Waals surface area contributed by atoms with Gasteiger partial charge in [-0.15, -0.1) is 0 Å². The van der Waals surface area contributed by atoms with Gasteiger partial charge in [-0.05, 0) is 0 Å². The Morgan fingerprint density at radius 1 is 0.683 bits per heavy atom. The number of aromatic nitrogens is 1. The fourth-order valence-electron chi connectivity index (χ4n) is 5.63. The monoisotopic (exact) mass is 795 g/mol. The maximum absolute atomic E-state index is 2.68. The minimum atomic E-state index is -0.587. The molecule has 41 heavy (non-hydrogen) atoms. The van der Waals surface area contributed by atoms with Crippen molar-refractivity contribution in [3.63, 3.8) is 0 Å². The van der Waals surface area contributed by atoms with Gasteiger partial charge in [0.2, 0.25) is 0 Å². The van der Waals surface area contributed by atoms with Crippen LogP contribution in [0.1, 0.15) is 81.1 Å². The van der Waals surface area contributed by atoms with Crippen LogP contribution in [0.3, 0.4) is 0 Å². The predicted molar refractivity (Wildman–Crippen MR) is 190 cm³/mol. The minimum absolute atomic E-state index is 0.478. The van der Waals surface area contributed by atoms with E-state index in [0.29, 0.717) is 12.8 Å². The molecular weight excluding hydrogens is 748 g/mol. The predicted octanol–water partition coefficient (Wildman–Crippen LogP) is 10.6. The van der Waals surface area contributed by atoms with E-state index in [2.05, 4.69) is 121 Å². The van der Waals surface area contributed by atoms with Crippen molar-refractivity contribution in [2.24, 2.45) is 5.92 Å². The summed E-state index contributed by atoms with van der Waals surface area (Å²) in [7, 11) is 0. The van der Waals surface area contributed by atoms with Gasteiger partial charge in [0, 0.05) is 0 Å². The van der Waals surface area contributed by atoms with Crippen molar-refractivity contribution in [3.8, 4) is 20.9 Å². The molecule has 5 aromatic rings. The van der Waals surface area contributed by atoms with Crippen LogP contribution in [0.5, 0.6) is 0 Å². The molecule has 0 spiro atoms. The van der Waals surface area contributed by atoms with Crippen molar-refractivity contribution in [1.29, 1.82) is 0 Å². The zero-order valence-corrected chi connectivity index (χ0v) is 33.5. The second kappa shape index (κ2) is 13.1. The van der Waals surface area contributed by atoms with Gasteiger partial charge in [-0.25, -0.2) is 0 Å². The Kier molecular flexibility index (Phi) is 10.1. The molecule has 3 aromatic heterocycles. The summed E-state index contributed by atoms with van der Waals surface area (Å²) in [5.41, 5.74) is 5.57. The molecule has 0 N–H and O–H groups in total. The first-order valence-corrected chi connectivity index (χ1v) is 22.6. The van der Waals surface area contributed by atoms with Crippen molar-refractivity contribution in [2.45, 2.75) is 94.5 Å². The number of benzene rings is 2. The standard InChI is InChI=1S/C28H27NS2.2C4H9.2Sn/c1-3-5-8-20(4-2)19-29-25-17-21(27-9-6-15-30-27)11-13-23(25)24-14-12-22(18-26(24)29)28-10-7-16-31-28;2*1-4(2)3;;/h6-7,9-14,17-18,20H,3-5,8,19H2,1-2H3;2*1-3H3;;. The number of thiophene rings is 2. The summed E-state index contributed by atoms with van der Waals surface area (Å²) < 4.78 is 6.94. The Balaban J connectivity index is 1.60. The number of hydrogen-bond acceptors (Lipinski definition) is 2. The molecule has 3 heterocycles. The molecule has 2 aromatic carbocycles. The molecule has 4 radical (unpaired) electrons. The van der Waals surface area contributed by atoms with Gasteiger partial charge in [0.25, 0.3) is 0 Å². The van der Waals surface area contributed by atoms with Crippen molar-refractivity contribution in [3.05, 3.63) is 60.7 Å². The zero-order valence-electron chi connectivity index (χ0n) is 26.2. The average Bonchev–Trinajstić information content (AvgIpc) is 3.62. The van der Waals surface area contributed by atoms with Gasteiger partial charge in [0.15, 0.2) is 0 Å². The van der Waals surface area contributed by atoms with Crippen LogP contribution in [0.15, 0.2) is 60.7 Å². The SMILES string of the molecule is CCCCC(CC)Cn1c2cc(-c3cc[c]([Sn][C](C)(C)C)s3)ccc2c2ccc(-c3cc[c]([Sn][C](C)(C)C)s3)cc21. The van der Waals surface area contributed by atoms with Crippen LogP contribution in [0.25, 0.3) is 42.7 Å². The summed E-state index contributed by atoms with van der Waals surface area (Å²) >= 11 is 2.91. The van der Waals surface area contributed by atoms with Crippen LogP contribution in [0.4, 0.5) is 0 Å². The molecule has 0 aliphatic rings. The zero-order chi connectivity index (χ0) is 29.4. The van der Waals surface area contributed by atoms with E-state index in [1.54, 1.807) is 5.79 Å². The third kappa shape index (κ3) is 7.85. The second-order valence-electron chi connectivity index (χ2n) is 13.6. The van der Waals surface area contributed by atoms with Crippen molar-refractivity contribution in [1.82, 2.24) is 4.57 Å². The van der Waals surface area contributed by atoms with Gasteiger partial charge in [-0.2, -0.15) is 0 Å². The van der Waals surface area contributed by atoms with E-state index < -0.39 is 42.3 Å². The molecule has 0 bridgehead atoms. The van der Waals surface area contributed by atoms with Crippen LogP contribution in [-0.4, -0.2) is 46.9 Å². The average molecular weight is 793 g/mol. The quantitative estimate of drug-likeness (QED) is 0.124. The normalized spacial score (nSPS) is 13.5. The van der Waals surface area contributed by atoms with Crippen LogP contribution in [0, 0.1) is 5.92 Å².